The number of carboxylic acids is 1. The lowest BCUT2D eigenvalue weighted by molar-refractivity contribution is -0.140. The van der Waals surface area contributed by atoms with Gasteiger partial charge in [0.1, 0.15) is 0 Å². The summed E-state index contributed by atoms with van der Waals surface area (Å²) in [6.07, 6.45) is 2.10. The van der Waals surface area contributed by atoms with Gasteiger partial charge in [0.25, 0.3) is 0 Å². The lowest BCUT2D eigenvalue weighted by Gasteiger charge is -2.31. The molecule has 2 rings (SSSR count). The molecule has 138 valence electrons. The zero-order valence-corrected chi connectivity index (χ0v) is 15.7. The lowest BCUT2D eigenvalue weighted by Crippen LogP contribution is -2.49. The summed E-state index contributed by atoms with van der Waals surface area (Å²) in [6, 6.07) is 2.05. The van der Waals surface area contributed by atoms with Crippen molar-refractivity contribution in [2.75, 3.05) is 6.54 Å². The number of carbonyl (C=O) groups excluding carboxylic acids is 2. The average Bonchev–Trinajstić information content (AvgIpc) is 3.06. The summed E-state index contributed by atoms with van der Waals surface area (Å²) in [5.74, 6) is -1.21. The topological polar surface area (TPSA) is 86.7 Å². The van der Waals surface area contributed by atoms with E-state index in [1.807, 2.05) is 19.2 Å². The average molecular weight is 366 g/mol. The van der Waals surface area contributed by atoms with Gasteiger partial charge in [0.05, 0.1) is 6.42 Å². The Labute approximate surface area is 152 Å². The minimum absolute atomic E-state index is 0.0242. The first kappa shape index (κ1) is 19.4. The number of hydrogen-bond donors (Lipinski definition) is 2. The molecule has 0 bridgehead atoms. The van der Waals surface area contributed by atoms with E-state index in [0.717, 1.165) is 6.42 Å². The first-order valence-electron chi connectivity index (χ1n) is 8.75. The molecule has 7 heteroatoms. The van der Waals surface area contributed by atoms with Gasteiger partial charge in [-0.3, -0.25) is 14.4 Å². The van der Waals surface area contributed by atoms with Gasteiger partial charge in [0, 0.05) is 36.3 Å². The molecule has 2 amide bonds. The maximum Gasteiger partial charge on any atom is 0.305 e. The molecule has 0 unspecified atom stereocenters. The third-order valence-corrected chi connectivity index (χ3v) is 6.00. The number of fused-ring (bicyclic) bond motifs is 1. The van der Waals surface area contributed by atoms with E-state index in [9.17, 15) is 14.4 Å². The molecule has 1 aliphatic rings. The molecular formula is C18H26N2O4S. The molecule has 2 N–H and O–H groups in total. The molecule has 0 saturated heterocycles. The Bertz CT molecular complexity index is 637. The molecule has 0 aromatic carbocycles. The van der Waals surface area contributed by atoms with Crippen LogP contribution in [-0.2, 0) is 27.3 Å². The maximum absolute atomic E-state index is 12.4. The summed E-state index contributed by atoms with van der Waals surface area (Å²) in [5, 5.41) is 14.0. The van der Waals surface area contributed by atoms with E-state index in [1.165, 1.54) is 10.4 Å². The minimum atomic E-state index is -0.931. The van der Waals surface area contributed by atoms with Gasteiger partial charge in [-0.25, -0.2) is 0 Å². The molecule has 1 aliphatic heterocycles. The Morgan fingerprint density at radius 1 is 1.28 bits per heavy atom. The number of amides is 2. The molecule has 25 heavy (non-hydrogen) atoms. The zero-order valence-electron chi connectivity index (χ0n) is 14.8. The largest absolute Gasteiger partial charge is 0.481 e. The Hall–Kier alpha value is -1.89. The van der Waals surface area contributed by atoms with Gasteiger partial charge in [-0.05, 0) is 36.3 Å². The molecule has 2 heterocycles. The third kappa shape index (κ3) is 5.04. The van der Waals surface area contributed by atoms with Crippen molar-refractivity contribution < 1.29 is 19.5 Å². The van der Waals surface area contributed by atoms with E-state index >= 15 is 0 Å². The second kappa shape index (κ2) is 8.47. The second-order valence-corrected chi connectivity index (χ2v) is 7.54. The Morgan fingerprint density at radius 3 is 2.64 bits per heavy atom. The van der Waals surface area contributed by atoms with E-state index in [-0.39, 0.29) is 31.1 Å². The van der Waals surface area contributed by atoms with Crippen LogP contribution in [0.25, 0.3) is 0 Å². The SMILES string of the molecule is CCC(CC)(CC(=O)O)NC(=O)CCC(=O)N1CCc2sccc2C1. The van der Waals surface area contributed by atoms with Crippen molar-refractivity contribution >= 4 is 29.1 Å². The number of aliphatic carboxylic acids is 1. The van der Waals surface area contributed by atoms with E-state index in [1.54, 1.807) is 16.2 Å². The van der Waals surface area contributed by atoms with Crippen molar-refractivity contribution in [3.8, 4) is 0 Å². The van der Waals surface area contributed by atoms with Crippen LogP contribution in [-0.4, -0.2) is 39.9 Å². The molecule has 1 aromatic heterocycles. The quantitative estimate of drug-likeness (QED) is 0.740. The van der Waals surface area contributed by atoms with Crippen molar-refractivity contribution in [1.29, 1.82) is 0 Å². The van der Waals surface area contributed by atoms with Crippen LogP contribution in [0.3, 0.4) is 0 Å². The van der Waals surface area contributed by atoms with Gasteiger partial charge in [-0.2, -0.15) is 0 Å². The van der Waals surface area contributed by atoms with Gasteiger partial charge in [-0.15, -0.1) is 11.3 Å². The number of carbonyl (C=O) groups is 3. The van der Waals surface area contributed by atoms with Crippen LogP contribution in [0, 0.1) is 0 Å². The number of rotatable bonds is 8. The van der Waals surface area contributed by atoms with E-state index in [4.69, 9.17) is 5.11 Å². The molecule has 1 aromatic rings. The van der Waals surface area contributed by atoms with Crippen molar-refractivity contribution in [3.05, 3.63) is 21.9 Å². The van der Waals surface area contributed by atoms with Crippen molar-refractivity contribution in [1.82, 2.24) is 10.2 Å². The number of nitrogens with zero attached hydrogens (tertiary/aromatic N) is 1. The molecular weight excluding hydrogens is 340 g/mol. The molecule has 0 atom stereocenters. The molecule has 0 saturated carbocycles. The summed E-state index contributed by atoms with van der Waals surface area (Å²) in [5.41, 5.74) is 0.467. The first-order chi connectivity index (χ1) is 11.9. The summed E-state index contributed by atoms with van der Waals surface area (Å²) < 4.78 is 0. The number of nitrogens with one attached hydrogen (secondary N) is 1. The van der Waals surface area contributed by atoms with Gasteiger partial charge in [-0.1, -0.05) is 13.8 Å². The second-order valence-electron chi connectivity index (χ2n) is 6.54. The zero-order chi connectivity index (χ0) is 18.4. The van der Waals surface area contributed by atoms with Crippen LogP contribution in [0.15, 0.2) is 11.4 Å². The van der Waals surface area contributed by atoms with Crippen molar-refractivity contribution in [2.45, 2.75) is 64.5 Å². The van der Waals surface area contributed by atoms with Crippen LogP contribution in [0.5, 0.6) is 0 Å². The smallest absolute Gasteiger partial charge is 0.305 e. The fourth-order valence-corrected chi connectivity index (χ4v) is 4.10. The minimum Gasteiger partial charge on any atom is -0.481 e. The van der Waals surface area contributed by atoms with Gasteiger partial charge < -0.3 is 15.3 Å². The monoisotopic (exact) mass is 366 g/mol. The normalized spacial score (nSPS) is 14.1. The number of carboxylic acid groups (broad SMARTS) is 1. The fraction of sp³-hybridized carbons (Fsp3) is 0.611. The van der Waals surface area contributed by atoms with Crippen molar-refractivity contribution in [3.63, 3.8) is 0 Å². The summed E-state index contributed by atoms with van der Waals surface area (Å²) in [7, 11) is 0. The van der Waals surface area contributed by atoms with Gasteiger partial charge in [0.2, 0.25) is 11.8 Å². The van der Waals surface area contributed by atoms with Gasteiger partial charge in [0.15, 0.2) is 0 Å². The standard InChI is InChI=1S/C18H26N2O4S/c1-3-18(4-2,11-17(23)24)19-15(21)5-6-16(22)20-9-7-14-13(12-20)8-10-25-14/h8,10H,3-7,9,11-12H2,1-2H3,(H,19,21)(H,23,24). The van der Waals surface area contributed by atoms with Crippen LogP contribution in [0.4, 0.5) is 0 Å². The van der Waals surface area contributed by atoms with Gasteiger partial charge >= 0.3 is 5.97 Å². The summed E-state index contributed by atoms with van der Waals surface area (Å²) in [4.78, 5) is 38.8. The highest BCUT2D eigenvalue weighted by Gasteiger charge is 2.31. The number of hydrogen-bond acceptors (Lipinski definition) is 4. The lowest BCUT2D eigenvalue weighted by atomic mass is 9.88. The van der Waals surface area contributed by atoms with Crippen LogP contribution < -0.4 is 5.32 Å². The van der Waals surface area contributed by atoms with Crippen LogP contribution in [0.2, 0.25) is 0 Å². The van der Waals surface area contributed by atoms with E-state index in [2.05, 4.69) is 11.4 Å². The van der Waals surface area contributed by atoms with E-state index in [0.29, 0.717) is 25.9 Å². The number of thiophene rings is 1. The highest BCUT2D eigenvalue weighted by molar-refractivity contribution is 7.10. The highest BCUT2D eigenvalue weighted by Crippen LogP contribution is 2.24. The Morgan fingerprint density at radius 2 is 2.00 bits per heavy atom. The van der Waals surface area contributed by atoms with Crippen molar-refractivity contribution in [2.24, 2.45) is 0 Å². The molecule has 0 radical (unpaired) electrons. The predicted octanol–water partition coefficient (Wildman–Crippen LogP) is 2.56. The summed E-state index contributed by atoms with van der Waals surface area (Å²) in [6.45, 7) is 5.04. The molecule has 0 spiro atoms. The maximum atomic E-state index is 12.4. The molecule has 0 aliphatic carbocycles. The van der Waals surface area contributed by atoms with E-state index < -0.39 is 11.5 Å². The summed E-state index contributed by atoms with van der Waals surface area (Å²) >= 11 is 1.72. The molecule has 6 nitrogen and oxygen atoms in total. The third-order valence-electron chi connectivity index (χ3n) is 4.97. The Kier molecular flexibility index (Phi) is 6.58. The Balaban J connectivity index is 1.85. The molecule has 0 fully saturated rings. The fourth-order valence-electron chi connectivity index (χ4n) is 3.21. The van der Waals surface area contributed by atoms with Crippen LogP contribution >= 0.6 is 11.3 Å². The highest BCUT2D eigenvalue weighted by atomic mass is 32.1. The predicted molar refractivity (Wildman–Crippen MR) is 96.4 cm³/mol. The first-order valence-corrected chi connectivity index (χ1v) is 9.63. The van der Waals surface area contributed by atoms with Crippen LogP contribution in [0.1, 0.15) is 56.4 Å².